The van der Waals surface area contributed by atoms with E-state index >= 15 is 0 Å². The van der Waals surface area contributed by atoms with Gasteiger partial charge in [0, 0.05) is 45.2 Å². The summed E-state index contributed by atoms with van der Waals surface area (Å²) in [5.41, 5.74) is 1.02. The minimum Gasteiger partial charge on any atom is -0.353 e. The number of piperidine rings is 1. The Morgan fingerprint density at radius 2 is 2.08 bits per heavy atom. The van der Waals surface area contributed by atoms with E-state index in [1.165, 1.54) is 6.42 Å². The third kappa shape index (κ3) is 4.02. The Morgan fingerprint density at radius 1 is 1.23 bits per heavy atom. The van der Waals surface area contributed by atoms with Crippen molar-refractivity contribution in [2.45, 2.75) is 39.2 Å². The van der Waals surface area contributed by atoms with Crippen molar-refractivity contribution in [3.63, 3.8) is 0 Å². The summed E-state index contributed by atoms with van der Waals surface area (Å²) >= 11 is 0. The fraction of sp³-hybridized carbons (Fsp3) is 0.667. The molecule has 0 saturated carbocycles. The average Bonchev–Trinajstić information content (AvgIpc) is 3.13. The molecule has 2 saturated heterocycles. The molecule has 2 aliphatic heterocycles. The van der Waals surface area contributed by atoms with Crippen LogP contribution in [0.1, 0.15) is 32.6 Å². The van der Waals surface area contributed by atoms with Gasteiger partial charge in [-0.05, 0) is 18.3 Å². The van der Waals surface area contributed by atoms with E-state index in [-0.39, 0.29) is 0 Å². The number of hydrogen-bond donors (Lipinski definition) is 2. The molecule has 0 amide bonds. The lowest BCUT2D eigenvalue weighted by molar-refractivity contribution is 0.213. The Bertz CT molecular complexity index is 711. The third-order valence-corrected chi connectivity index (χ3v) is 5.24. The van der Waals surface area contributed by atoms with Gasteiger partial charge in [0.1, 0.15) is 11.5 Å². The second-order valence-electron chi connectivity index (χ2n) is 7.99. The minimum atomic E-state index is 0.373. The maximum atomic E-state index is 5.43. The lowest BCUT2D eigenvalue weighted by Crippen LogP contribution is -2.44. The molecule has 140 valence electrons. The number of hydrogen-bond acceptors (Lipinski definition) is 8. The van der Waals surface area contributed by atoms with Gasteiger partial charge >= 0.3 is 0 Å². The zero-order valence-electron chi connectivity index (χ0n) is 15.5. The van der Waals surface area contributed by atoms with Gasteiger partial charge < -0.3 is 20.1 Å². The molecule has 8 nitrogen and oxygen atoms in total. The first-order chi connectivity index (χ1) is 12.6. The number of piperazine rings is 1. The SMILES string of the molecule is CC1(C)CCC(Cc2nc(-c3cnc(N4CCNCC4)cn3)no2)NC1. The zero-order chi connectivity index (χ0) is 18.0. The van der Waals surface area contributed by atoms with E-state index in [2.05, 4.69) is 49.5 Å². The van der Waals surface area contributed by atoms with E-state index in [4.69, 9.17) is 4.52 Å². The quantitative estimate of drug-likeness (QED) is 0.845. The van der Waals surface area contributed by atoms with Gasteiger partial charge in [0.2, 0.25) is 11.7 Å². The van der Waals surface area contributed by atoms with Gasteiger partial charge in [-0.15, -0.1) is 0 Å². The predicted molar refractivity (Wildman–Crippen MR) is 98.9 cm³/mol. The van der Waals surface area contributed by atoms with Crippen LogP contribution in [-0.2, 0) is 6.42 Å². The third-order valence-electron chi connectivity index (χ3n) is 5.24. The monoisotopic (exact) mass is 357 g/mol. The van der Waals surface area contributed by atoms with Crippen LogP contribution in [0.15, 0.2) is 16.9 Å². The van der Waals surface area contributed by atoms with E-state index in [0.717, 1.165) is 51.4 Å². The van der Waals surface area contributed by atoms with Crippen LogP contribution in [0, 0.1) is 5.41 Å². The van der Waals surface area contributed by atoms with Crippen molar-refractivity contribution in [2.24, 2.45) is 5.41 Å². The molecule has 2 aromatic heterocycles. The van der Waals surface area contributed by atoms with Crippen LogP contribution in [0.4, 0.5) is 5.82 Å². The zero-order valence-corrected chi connectivity index (χ0v) is 15.5. The summed E-state index contributed by atoms with van der Waals surface area (Å²) < 4.78 is 5.43. The second-order valence-corrected chi connectivity index (χ2v) is 7.99. The molecule has 2 N–H and O–H groups in total. The molecule has 8 heteroatoms. The average molecular weight is 357 g/mol. The van der Waals surface area contributed by atoms with E-state index in [0.29, 0.717) is 28.9 Å². The topological polar surface area (TPSA) is 92.0 Å². The van der Waals surface area contributed by atoms with Gasteiger partial charge in [-0.2, -0.15) is 4.98 Å². The van der Waals surface area contributed by atoms with Crippen molar-refractivity contribution in [2.75, 3.05) is 37.6 Å². The van der Waals surface area contributed by atoms with E-state index < -0.39 is 0 Å². The molecule has 2 fully saturated rings. The van der Waals surface area contributed by atoms with E-state index in [9.17, 15) is 0 Å². The Morgan fingerprint density at radius 3 is 2.77 bits per heavy atom. The van der Waals surface area contributed by atoms with Gasteiger partial charge in [0.05, 0.1) is 12.4 Å². The summed E-state index contributed by atoms with van der Waals surface area (Å²) in [6.07, 6.45) is 6.62. The molecule has 0 aromatic carbocycles. The fourth-order valence-corrected chi connectivity index (χ4v) is 3.50. The Labute approximate surface area is 153 Å². The van der Waals surface area contributed by atoms with Gasteiger partial charge in [-0.1, -0.05) is 19.0 Å². The molecule has 0 radical (unpaired) electrons. The Hall–Kier alpha value is -2.06. The summed E-state index contributed by atoms with van der Waals surface area (Å²) in [6.45, 7) is 9.47. The van der Waals surface area contributed by atoms with Crippen LogP contribution in [0.25, 0.3) is 11.5 Å². The Kier molecular flexibility index (Phi) is 4.86. The number of rotatable bonds is 4. The number of nitrogens with one attached hydrogen (secondary N) is 2. The van der Waals surface area contributed by atoms with Crippen LogP contribution in [0.3, 0.4) is 0 Å². The summed E-state index contributed by atoms with van der Waals surface area (Å²) in [4.78, 5) is 15.7. The van der Waals surface area contributed by atoms with E-state index in [1.807, 2.05) is 0 Å². The molecule has 4 heterocycles. The number of anilines is 1. The number of aromatic nitrogens is 4. The van der Waals surface area contributed by atoms with Gasteiger partial charge in [-0.3, -0.25) is 0 Å². The first-order valence-electron chi connectivity index (χ1n) is 9.43. The van der Waals surface area contributed by atoms with Crippen molar-refractivity contribution in [1.29, 1.82) is 0 Å². The smallest absolute Gasteiger partial charge is 0.228 e. The van der Waals surface area contributed by atoms with Crippen molar-refractivity contribution >= 4 is 5.82 Å². The normalized spacial score (nSPS) is 23.2. The second kappa shape index (κ2) is 7.28. The molecular formula is C18H27N7O. The fourth-order valence-electron chi connectivity index (χ4n) is 3.50. The van der Waals surface area contributed by atoms with Crippen molar-refractivity contribution in [1.82, 2.24) is 30.7 Å². The summed E-state index contributed by atoms with van der Waals surface area (Å²) in [7, 11) is 0. The molecule has 0 spiro atoms. The van der Waals surface area contributed by atoms with Gasteiger partial charge in [0.25, 0.3) is 0 Å². The maximum absolute atomic E-state index is 5.43. The molecule has 0 bridgehead atoms. The lowest BCUT2D eigenvalue weighted by atomic mass is 9.82. The van der Waals surface area contributed by atoms with Crippen molar-refractivity contribution in [3.05, 3.63) is 18.3 Å². The highest BCUT2D eigenvalue weighted by molar-refractivity contribution is 5.49. The van der Waals surface area contributed by atoms with Crippen LogP contribution in [0.5, 0.6) is 0 Å². The molecule has 4 rings (SSSR count). The standard InChI is InChI=1S/C18H27N7O/c1-18(2)4-3-13(22-12-18)9-16-23-17(24-26-16)14-10-21-15(11-20-14)25-7-5-19-6-8-25/h10-11,13,19,22H,3-9,12H2,1-2H3. The number of nitrogens with zero attached hydrogens (tertiary/aromatic N) is 5. The summed E-state index contributed by atoms with van der Waals surface area (Å²) in [6, 6.07) is 0.400. The highest BCUT2D eigenvalue weighted by Gasteiger charge is 2.27. The van der Waals surface area contributed by atoms with Crippen molar-refractivity contribution < 1.29 is 4.52 Å². The molecule has 2 aromatic rings. The lowest BCUT2D eigenvalue weighted by Gasteiger charge is -2.34. The first-order valence-corrected chi connectivity index (χ1v) is 9.43. The van der Waals surface area contributed by atoms with Gasteiger partial charge in [0.15, 0.2) is 0 Å². The summed E-state index contributed by atoms with van der Waals surface area (Å²) in [5, 5.41) is 11.0. The highest BCUT2D eigenvalue weighted by atomic mass is 16.5. The van der Waals surface area contributed by atoms with Crippen LogP contribution >= 0.6 is 0 Å². The molecule has 0 aliphatic carbocycles. The maximum Gasteiger partial charge on any atom is 0.228 e. The predicted octanol–water partition coefficient (Wildman–Crippen LogP) is 1.26. The largest absolute Gasteiger partial charge is 0.353 e. The summed E-state index contributed by atoms with van der Waals surface area (Å²) in [5.74, 6) is 2.06. The Balaban J connectivity index is 1.38. The first kappa shape index (κ1) is 17.4. The van der Waals surface area contributed by atoms with E-state index in [1.54, 1.807) is 12.4 Å². The molecular weight excluding hydrogens is 330 g/mol. The van der Waals surface area contributed by atoms with Gasteiger partial charge in [-0.25, -0.2) is 9.97 Å². The minimum absolute atomic E-state index is 0.373. The van der Waals surface area contributed by atoms with Crippen molar-refractivity contribution in [3.8, 4) is 11.5 Å². The van der Waals surface area contributed by atoms with Crippen LogP contribution < -0.4 is 15.5 Å². The molecule has 1 atom stereocenters. The molecule has 26 heavy (non-hydrogen) atoms. The van der Waals surface area contributed by atoms with Crippen LogP contribution in [0.2, 0.25) is 0 Å². The highest BCUT2D eigenvalue weighted by Crippen LogP contribution is 2.27. The molecule has 1 unspecified atom stereocenters. The molecule has 2 aliphatic rings. The van der Waals surface area contributed by atoms with Crippen LogP contribution in [-0.4, -0.2) is 58.9 Å².